The molecule has 5 rings (SSSR count). The van der Waals surface area contributed by atoms with Crippen LogP contribution in [0.25, 0.3) is 16.8 Å². The summed E-state index contributed by atoms with van der Waals surface area (Å²) in [5.41, 5.74) is 1.60. The minimum absolute atomic E-state index is 0.104. The molecule has 0 saturated carbocycles. The van der Waals surface area contributed by atoms with E-state index in [4.69, 9.17) is 14.2 Å². The molecule has 7 nitrogen and oxygen atoms in total. The number of H-pyrrole nitrogens is 1. The van der Waals surface area contributed by atoms with Gasteiger partial charge in [-0.2, -0.15) is 0 Å². The lowest BCUT2D eigenvalue weighted by molar-refractivity contribution is 0.254. The van der Waals surface area contributed by atoms with E-state index in [-0.39, 0.29) is 11.6 Å². The summed E-state index contributed by atoms with van der Waals surface area (Å²) in [5.74, 6) is 1.12. The zero-order valence-electron chi connectivity index (χ0n) is 19.6. The molecule has 0 aliphatic carbocycles. The molecule has 3 heterocycles. The lowest BCUT2D eigenvalue weighted by atomic mass is 10.2. The van der Waals surface area contributed by atoms with Crippen LogP contribution in [0.5, 0.6) is 17.2 Å². The van der Waals surface area contributed by atoms with Gasteiger partial charge in [0.2, 0.25) is 5.88 Å². The van der Waals surface area contributed by atoms with Gasteiger partial charge in [0.15, 0.2) is 23.1 Å². The zero-order valence-corrected chi connectivity index (χ0v) is 19.6. The van der Waals surface area contributed by atoms with Gasteiger partial charge in [0.05, 0.1) is 30.8 Å². The first kappa shape index (κ1) is 22.4. The van der Waals surface area contributed by atoms with E-state index in [1.54, 1.807) is 37.6 Å². The van der Waals surface area contributed by atoms with Gasteiger partial charge in [-0.3, -0.25) is 4.99 Å². The molecule has 1 N–H and O–H groups in total. The number of halogens is 1. The highest BCUT2D eigenvalue weighted by Gasteiger charge is 2.16. The number of fused-ring (bicyclic) bond motifs is 2. The van der Waals surface area contributed by atoms with E-state index in [0.29, 0.717) is 40.6 Å². The molecule has 0 bridgehead atoms. The summed E-state index contributed by atoms with van der Waals surface area (Å²) >= 11 is 0. The molecule has 8 heteroatoms. The number of methoxy groups -OCH3 is 1. The molecule has 34 heavy (non-hydrogen) atoms. The van der Waals surface area contributed by atoms with Crippen LogP contribution in [0.3, 0.4) is 0 Å². The second-order valence-electron chi connectivity index (χ2n) is 8.62. The summed E-state index contributed by atoms with van der Waals surface area (Å²) in [6.45, 7) is 6.26. The number of aliphatic imine (C=N–C) groups is 1. The summed E-state index contributed by atoms with van der Waals surface area (Å²) in [5, 5.41) is 1.77. The van der Waals surface area contributed by atoms with Crippen LogP contribution < -0.4 is 24.8 Å². The number of aromatic amines is 1. The van der Waals surface area contributed by atoms with Gasteiger partial charge < -0.3 is 24.1 Å². The summed E-state index contributed by atoms with van der Waals surface area (Å²) in [7, 11) is 1.60. The maximum Gasteiger partial charge on any atom is 0.228 e. The van der Waals surface area contributed by atoms with Crippen molar-refractivity contribution >= 4 is 23.0 Å². The highest BCUT2D eigenvalue weighted by atomic mass is 19.1. The molecule has 1 saturated heterocycles. The van der Waals surface area contributed by atoms with Crippen LogP contribution in [-0.2, 0) is 0 Å². The quantitative estimate of drug-likeness (QED) is 0.519. The van der Waals surface area contributed by atoms with Gasteiger partial charge >= 0.3 is 0 Å². The van der Waals surface area contributed by atoms with Crippen molar-refractivity contribution in [3.63, 3.8) is 0 Å². The maximum absolute atomic E-state index is 15.1. The largest absolute Gasteiger partial charge is 0.493 e. The lowest BCUT2D eigenvalue weighted by Gasteiger charge is -2.15. The molecule has 1 fully saturated rings. The standard InChI is InChI=1S/C26H29FN4O3/c1-17-14-18-20(30-17)6-7-22(25(18)27)34-26-19-15-23(32-2)24(16-21(19)28-8-9-29-26)33-13-5-12-31-10-3-4-11-31/h6-7,9,14-16,30H,3-5,8,10-13H2,1-2H3. The van der Waals surface area contributed by atoms with Gasteiger partial charge in [0, 0.05) is 35.4 Å². The molecule has 0 unspecified atom stereocenters. The van der Waals surface area contributed by atoms with Crippen molar-refractivity contribution in [2.45, 2.75) is 26.2 Å². The molecule has 0 radical (unpaired) electrons. The number of likely N-dealkylation sites (tertiary alicyclic amines) is 1. The van der Waals surface area contributed by atoms with Gasteiger partial charge in [-0.15, -0.1) is 0 Å². The Kier molecular flexibility index (Phi) is 6.49. The molecule has 1 aromatic heterocycles. The molecular formula is C26H29FN4O3. The second kappa shape index (κ2) is 9.85. The number of benzene rings is 2. The van der Waals surface area contributed by atoms with Gasteiger partial charge in [-0.1, -0.05) is 0 Å². The number of nitrogens with zero attached hydrogens (tertiary/aromatic N) is 3. The molecule has 2 aliphatic rings. The van der Waals surface area contributed by atoms with Crippen molar-refractivity contribution < 1.29 is 18.6 Å². The van der Waals surface area contributed by atoms with Crippen LogP contribution >= 0.6 is 0 Å². The third kappa shape index (κ3) is 4.63. The van der Waals surface area contributed by atoms with Crippen LogP contribution in [-0.4, -0.2) is 56.0 Å². The molecule has 178 valence electrons. The first-order chi connectivity index (χ1) is 16.6. The van der Waals surface area contributed by atoms with E-state index in [0.717, 1.165) is 24.2 Å². The zero-order chi connectivity index (χ0) is 23.5. The van der Waals surface area contributed by atoms with E-state index in [1.807, 2.05) is 13.0 Å². The van der Waals surface area contributed by atoms with Crippen molar-refractivity contribution in [2.75, 3.05) is 39.9 Å². The van der Waals surface area contributed by atoms with Gasteiger partial charge in [0.1, 0.15) is 0 Å². The Morgan fingerprint density at radius 2 is 1.94 bits per heavy atom. The number of nitrogens with one attached hydrogen (secondary N) is 1. The number of ether oxygens (including phenoxy) is 3. The Morgan fingerprint density at radius 3 is 2.76 bits per heavy atom. The maximum atomic E-state index is 15.1. The average molecular weight is 465 g/mol. The SMILES string of the molecule is COc1cc2c(cc1OCCCN1CCCC1)=NCC=NC=2Oc1ccc2[nH]c(C)cc2c1F. The first-order valence-corrected chi connectivity index (χ1v) is 11.7. The monoisotopic (exact) mass is 464 g/mol. The van der Waals surface area contributed by atoms with Gasteiger partial charge in [0.25, 0.3) is 0 Å². The third-order valence-electron chi connectivity index (χ3n) is 6.18. The van der Waals surface area contributed by atoms with Crippen LogP contribution in [0.15, 0.2) is 40.3 Å². The van der Waals surface area contributed by atoms with Crippen LogP contribution in [0, 0.1) is 12.7 Å². The van der Waals surface area contributed by atoms with Gasteiger partial charge in [-0.25, -0.2) is 9.38 Å². The Morgan fingerprint density at radius 1 is 1.09 bits per heavy atom. The molecule has 2 aromatic carbocycles. The molecule has 3 aromatic rings. The van der Waals surface area contributed by atoms with E-state index in [1.165, 1.54) is 25.9 Å². The summed E-state index contributed by atoms with van der Waals surface area (Å²) < 4.78 is 32.7. The summed E-state index contributed by atoms with van der Waals surface area (Å²) in [6, 6.07) is 8.80. The number of rotatable bonds is 8. The number of aryl methyl sites for hydroxylation is 1. The average Bonchev–Trinajstić information content (AvgIpc) is 3.45. The predicted octanol–water partition coefficient (Wildman–Crippen LogP) is 3.34. The molecule has 0 atom stereocenters. The van der Waals surface area contributed by atoms with Crippen molar-refractivity contribution in [3.8, 4) is 17.2 Å². The fraction of sp³-hybridized carbons (Fsp3) is 0.385. The van der Waals surface area contributed by atoms with Crippen molar-refractivity contribution in [1.82, 2.24) is 9.88 Å². The minimum Gasteiger partial charge on any atom is -0.493 e. The molecule has 0 amide bonds. The highest BCUT2D eigenvalue weighted by molar-refractivity contribution is 5.83. The summed E-state index contributed by atoms with van der Waals surface area (Å²) in [6.07, 6.45) is 5.16. The van der Waals surface area contributed by atoms with Crippen LogP contribution in [0.4, 0.5) is 4.39 Å². The number of hydrogen-bond donors (Lipinski definition) is 1. The molecule has 2 aliphatic heterocycles. The number of aromatic nitrogens is 1. The van der Waals surface area contributed by atoms with E-state index in [2.05, 4.69) is 19.9 Å². The number of hydrogen-bond acceptors (Lipinski definition) is 6. The topological polar surface area (TPSA) is 71.4 Å². The fourth-order valence-corrected chi connectivity index (χ4v) is 4.48. The van der Waals surface area contributed by atoms with Crippen LogP contribution in [0.1, 0.15) is 25.0 Å². The minimum atomic E-state index is -0.433. The van der Waals surface area contributed by atoms with E-state index >= 15 is 4.39 Å². The third-order valence-corrected chi connectivity index (χ3v) is 6.18. The Labute approximate surface area is 197 Å². The van der Waals surface area contributed by atoms with Crippen molar-refractivity contribution in [2.24, 2.45) is 9.98 Å². The van der Waals surface area contributed by atoms with E-state index in [9.17, 15) is 0 Å². The van der Waals surface area contributed by atoms with Crippen molar-refractivity contribution in [1.29, 1.82) is 0 Å². The van der Waals surface area contributed by atoms with E-state index < -0.39 is 5.82 Å². The van der Waals surface area contributed by atoms with Crippen LogP contribution in [0.2, 0.25) is 0 Å². The first-order valence-electron chi connectivity index (χ1n) is 11.7. The Hall–Kier alpha value is -3.39. The van der Waals surface area contributed by atoms with Gasteiger partial charge in [-0.05, 0) is 63.5 Å². The molecular weight excluding hydrogens is 435 g/mol. The molecule has 0 spiro atoms. The predicted molar refractivity (Wildman–Crippen MR) is 130 cm³/mol. The normalized spacial score (nSPS) is 15.8. The summed E-state index contributed by atoms with van der Waals surface area (Å²) in [4.78, 5) is 14.6. The fourth-order valence-electron chi connectivity index (χ4n) is 4.48. The second-order valence-corrected chi connectivity index (χ2v) is 8.62. The Balaban J connectivity index is 1.43. The smallest absolute Gasteiger partial charge is 0.228 e. The highest BCUT2D eigenvalue weighted by Crippen LogP contribution is 2.29. The lowest BCUT2D eigenvalue weighted by Crippen LogP contribution is -2.29. The van der Waals surface area contributed by atoms with Crippen molar-refractivity contribution in [3.05, 3.63) is 52.4 Å². The Bertz CT molecular complexity index is 1340.